The van der Waals surface area contributed by atoms with Gasteiger partial charge in [-0.3, -0.25) is 4.79 Å². The van der Waals surface area contributed by atoms with E-state index in [9.17, 15) is 18.0 Å². The van der Waals surface area contributed by atoms with Gasteiger partial charge < -0.3 is 9.88 Å². The molecular formula is C18H22F3N3OS. The Hall–Kier alpha value is -1.70. The summed E-state index contributed by atoms with van der Waals surface area (Å²) in [5.74, 6) is -0.630. The van der Waals surface area contributed by atoms with Gasteiger partial charge >= 0.3 is 6.18 Å². The lowest BCUT2D eigenvalue weighted by molar-refractivity contribution is -0.137. The van der Waals surface area contributed by atoms with Gasteiger partial charge in [0.05, 0.1) is 16.3 Å². The van der Waals surface area contributed by atoms with Crippen molar-refractivity contribution >= 4 is 28.7 Å². The fourth-order valence-electron chi connectivity index (χ4n) is 3.34. The van der Waals surface area contributed by atoms with Crippen molar-refractivity contribution < 1.29 is 18.0 Å². The minimum absolute atomic E-state index is 0.323. The van der Waals surface area contributed by atoms with E-state index in [2.05, 4.69) is 9.55 Å². The Morgan fingerprint density at radius 1 is 1.31 bits per heavy atom. The molecule has 0 saturated heterocycles. The van der Waals surface area contributed by atoms with E-state index >= 15 is 0 Å². The number of thioether (sulfide) groups is 1. The van der Waals surface area contributed by atoms with Crippen LogP contribution >= 0.6 is 11.8 Å². The molecule has 1 aliphatic carbocycles. The number of benzene rings is 1. The van der Waals surface area contributed by atoms with Crippen LogP contribution in [-0.2, 0) is 4.79 Å². The summed E-state index contributed by atoms with van der Waals surface area (Å²) in [6.07, 6.45) is 1.24. The molecule has 2 aromatic rings. The van der Waals surface area contributed by atoms with Crippen molar-refractivity contribution in [2.24, 2.45) is 0 Å². The van der Waals surface area contributed by atoms with E-state index in [1.807, 2.05) is 29.6 Å². The van der Waals surface area contributed by atoms with Gasteiger partial charge in [-0.05, 0) is 31.9 Å². The van der Waals surface area contributed by atoms with Crippen LogP contribution in [0, 0.1) is 0 Å². The van der Waals surface area contributed by atoms with E-state index < -0.39 is 23.9 Å². The lowest BCUT2D eigenvalue weighted by Gasteiger charge is -2.25. The quantitative estimate of drug-likeness (QED) is 0.759. The molecule has 1 saturated carbocycles. The highest BCUT2D eigenvalue weighted by Gasteiger charge is 2.30. The summed E-state index contributed by atoms with van der Waals surface area (Å²) < 4.78 is 39.1. The summed E-state index contributed by atoms with van der Waals surface area (Å²) in [6.45, 7) is 0.302. The van der Waals surface area contributed by atoms with E-state index in [-0.39, 0.29) is 0 Å². The van der Waals surface area contributed by atoms with Gasteiger partial charge in [-0.1, -0.05) is 43.2 Å². The average molecular weight is 385 g/mol. The van der Waals surface area contributed by atoms with Gasteiger partial charge in [0.25, 0.3) is 0 Å². The first kappa shape index (κ1) is 19.1. The number of aromatic nitrogens is 2. The number of imidazole rings is 1. The molecule has 1 aromatic carbocycles. The molecule has 1 fully saturated rings. The minimum Gasteiger partial charge on any atom is -0.346 e. The maximum Gasteiger partial charge on any atom is 0.405 e. The van der Waals surface area contributed by atoms with E-state index in [0.29, 0.717) is 11.2 Å². The SMILES string of the molecule is C[C@@H](Sc1nc2ccccc2n1C1CCCCC1)C(=O)NCC(F)(F)F. The third-order valence-corrected chi connectivity index (χ3v) is 5.68. The molecule has 0 radical (unpaired) electrons. The fraction of sp³-hybridized carbons (Fsp3) is 0.556. The van der Waals surface area contributed by atoms with Gasteiger partial charge in [0, 0.05) is 6.04 Å². The number of fused-ring (bicyclic) bond motifs is 1. The lowest BCUT2D eigenvalue weighted by Crippen LogP contribution is -2.38. The summed E-state index contributed by atoms with van der Waals surface area (Å²) in [7, 11) is 0. The molecule has 1 aliphatic rings. The van der Waals surface area contributed by atoms with Crippen LogP contribution in [0.15, 0.2) is 29.4 Å². The number of para-hydroxylation sites is 2. The second-order valence-corrected chi connectivity index (χ2v) is 7.95. The highest BCUT2D eigenvalue weighted by atomic mass is 32.2. The molecule has 4 nitrogen and oxygen atoms in total. The maximum absolute atomic E-state index is 12.3. The van der Waals surface area contributed by atoms with Gasteiger partial charge in [0.1, 0.15) is 6.54 Å². The molecule has 0 unspecified atom stereocenters. The predicted octanol–water partition coefficient (Wildman–Crippen LogP) is 4.70. The zero-order chi connectivity index (χ0) is 18.7. The number of carbonyl (C=O) groups excluding carboxylic acids is 1. The van der Waals surface area contributed by atoms with Crippen molar-refractivity contribution in [1.29, 1.82) is 0 Å². The summed E-state index contributed by atoms with van der Waals surface area (Å²) in [4.78, 5) is 16.7. The second-order valence-electron chi connectivity index (χ2n) is 6.64. The van der Waals surface area contributed by atoms with Gasteiger partial charge in [0.2, 0.25) is 5.91 Å². The van der Waals surface area contributed by atoms with Crippen molar-refractivity contribution in [2.75, 3.05) is 6.54 Å². The van der Waals surface area contributed by atoms with E-state index in [1.165, 1.54) is 18.2 Å². The number of hydrogen-bond acceptors (Lipinski definition) is 3. The highest BCUT2D eigenvalue weighted by molar-refractivity contribution is 8.00. The Morgan fingerprint density at radius 3 is 2.69 bits per heavy atom. The summed E-state index contributed by atoms with van der Waals surface area (Å²) in [6, 6.07) is 8.12. The molecule has 26 heavy (non-hydrogen) atoms. The molecule has 1 aromatic heterocycles. The van der Waals surface area contributed by atoms with Crippen molar-refractivity contribution in [2.45, 2.75) is 61.7 Å². The Kier molecular flexibility index (Phi) is 5.79. The van der Waals surface area contributed by atoms with Crippen LogP contribution in [0.2, 0.25) is 0 Å². The van der Waals surface area contributed by atoms with Crippen LogP contribution in [0.5, 0.6) is 0 Å². The van der Waals surface area contributed by atoms with Crippen molar-refractivity contribution in [3.63, 3.8) is 0 Å². The van der Waals surface area contributed by atoms with Crippen LogP contribution in [0.4, 0.5) is 13.2 Å². The molecule has 142 valence electrons. The monoisotopic (exact) mass is 385 g/mol. The molecule has 1 heterocycles. The molecule has 0 aliphatic heterocycles. The van der Waals surface area contributed by atoms with Crippen molar-refractivity contribution in [3.8, 4) is 0 Å². The number of nitrogens with zero attached hydrogens (tertiary/aromatic N) is 2. The van der Waals surface area contributed by atoms with Gasteiger partial charge in [-0.15, -0.1) is 0 Å². The Labute approximate surface area is 154 Å². The van der Waals surface area contributed by atoms with Crippen LogP contribution < -0.4 is 5.32 Å². The smallest absolute Gasteiger partial charge is 0.346 e. The lowest BCUT2D eigenvalue weighted by atomic mass is 9.95. The molecule has 1 amide bonds. The molecule has 1 atom stereocenters. The normalized spacial score (nSPS) is 17.4. The Bertz CT molecular complexity index is 769. The second kappa shape index (κ2) is 7.90. The first-order valence-electron chi connectivity index (χ1n) is 8.83. The first-order chi connectivity index (χ1) is 12.3. The summed E-state index contributed by atoms with van der Waals surface area (Å²) in [5.41, 5.74) is 1.87. The summed E-state index contributed by atoms with van der Waals surface area (Å²) in [5, 5.41) is 2.00. The standard InChI is InChI=1S/C18H22F3N3OS/c1-12(16(25)22-11-18(19,20)21)26-17-23-14-9-5-6-10-15(14)24(17)13-7-3-2-4-8-13/h5-6,9-10,12-13H,2-4,7-8,11H2,1H3,(H,22,25)/t12-/m1/s1. The molecule has 1 N–H and O–H groups in total. The van der Waals surface area contributed by atoms with Gasteiger partial charge in [0.15, 0.2) is 5.16 Å². The van der Waals surface area contributed by atoms with Gasteiger partial charge in [-0.25, -0.2) is 4.98 Å². The number of nitrogens with one attached hydrogen (secondary N) is 1. The average Bonchev–Trinajstić information content (AvgIpc) is 2.97. The van der Waals surface area contributed by atoms with E-state index in [4.69, 9.17) is 0 Å². The fourth-order valence-corrected chi connectivity index (χ4v) is 4.36. The largest absolute Gasteiger partial charge is 0.405 e. The molecule has 0 bridgehead atoms. The third kappa shape index (κ3) is 4.52. The molecule has 8 heteroatoms. The Morgan fingerprint density at radius 2 is 2.00 bits per heavy atom. The van der Waals surface area contributed by atoms with Crippen LogP contribution in [0.3, 0.4) is 0 Å². The van der Waals surface area contributed by atoms with Crippen LogP contribution in [0.1, 0.15) is 45.1 Å². The van der Waals surface area contributed by atoms with Crippen LogP contribution in [-0.4, -0.2) is 33.4 Å². The topological polar surface area (TPSA) is 46.9 Å². The number of halogens is 3. The maximum atomic E-state index is 12.3. The zero-order valence-electron chi connectivity index (χ0n) is 14.6. The third-order valence-electron chi connectivity index (χ3n) is 4.62. The number of alkyl halides is 3. The number of rotatable bonds is 5. The Balaban J connectivity index is 1.81. The molecule has 3 rings (SSSR count). The molecule has 0 spiro atoms. The zero-order valence-corrected chi connectivity index (χ0v) is 15.4. The predicted molar refractivity (Wildman–Crippen MR) is 96.2 cm³/mol. The van der Waals surface area contributed by atoms with E-state index in [1.54, 1.807) is 6.92 Å². The number of hydrogen-bond donors (Lipinski definition) is 1. The highest BCUT2D eigenvalue weighted by Crippen LogP contribution is 2.36. The van der Waals surface area contributed by atoms with Crippen molar-refractivity contribution in [1.82, 2.24) is 14.9 Å². The van der Waals surface area contributed by atoms with Gasteiger partial charge in [-0.2, -0.15) is 13.2 Å². The summed E-state index contributed by atoms with van der Waals surface area (Å²) >= 11 is 1.22. The molecular weight excluding hydrogens is 363 g/mol. The first-order valence-corrected chi connectivity index (χ1v) is 9.71. The van der Waals surface area contributed by atoms with E-state index in [0.717, 1.165) is 36.7 Å². The minimum atomic E-state index is -4.41. The van der Waals surface area contributed by atoms with Crippen molar-refractivity contribution in [3.05, 3.63) is 24.3 Å². The van der Waals surface area contributed by atoms with Crippen LogP contribution in [0.25, 0.3) is 11.0 Å². The number of amides is 1. The number of carbonyl (C=O) groups is 1.